The van der Waals surface area contributed by atoms with Crippen molar-refractivity contribution in [3.05, 3.63) is 60.2 Å². The summed E-state index contributed by atoms with van der Waals surface area (Å²) in [5, 5.41) is 10.6. The molecule has 6 nitrogen and oxygen atoms in total. The van der Waals surface area contributed by atoms with Gasteiger partial charge in [0.15, 0.2) is 5.76 Å². The van der Waals surface area contributed by atoms with Gasteiger partial charge in [-0.05, 0) is 83.7 Å². The first kappa shape index (κ1) is 22.6. The van der Waals surface area contributed by atoms with Gasteiger partial charge in [-0.2, -0.15) is 0 Å². The SMILES string of the molecule is CC(C)NC(=O)c1cccc(-c2cc(-c3ccc(NCCCCN(C)C)cc3)on2)c1. The molecular weight excluding hydrogens is 388 g/mol. The molecule has 0 radical (unpaired) electrons. The van der Waals surface area contributed by atoms with Crippen LogP contribution < -0.4 is 10.6 Å². The van der Waals surface area contributed by atoms with Crippen LogP contribution in [0.3, 0.4) is 0 Å². The van der Waals surface area contributed by atoms with Crippen molar-refractivity contribution in [2.75, 3.05) is 32.5 Å². The number of nitrogens with one attached hydrogen (secondary N) is 2. The van der Waals surface area contributed by atoms with Gasteiger partial charge in [0.05, 0.1) is 0 Å². The summed E-state index contributed by atoms with van der Waals surface area (Å²) < 4.78 is 5.57. The number of benzene rings is 2. The summed E-state index contributed by atoms with van der Waals surface area (Å²) in [6.45, 7) is 5.95. The molecule has 2 N–H and O–H groups in total. The average molecular weight is 421 g/mol. The zero-order valence-electron chi connectivity index (χ0n) is 18.8. The van der Waals surface area contributed by atoms with Crippen LogP contribution in [0.25, 0.3) is 22.6 Å². The van der Waals surface area contributed by atoms with Crippen LogP contribution in [0.15, 0.2) is 59.1 Å². The fraction of sp³-hybridized carbons (Fsp3) is 0.360. The molecule has 1 aromatic heterocycles. The van der Waals surface area contributed by atoms with Gasteiger partial charge in [-0.3, -0.25) is 4.79 Å². The molecule has 0 unspecified atom stereocenters. The number of hydrogen-bond acceptors (Lipinski definition) is 5. The Kier molecular flexibility index (Phi) is 7.84. The van der Waals surface area contributed by atoms with Crippen LogP contribution in [-0.4, -0.2) is 49.2 Å². The van der Waals surface area contributed by atoms with Gasteiger partial charge >= 0.3 is 0 Å². The number of amides is 1. The lowest BCUT2D eigenvalue weighted by atomic mass is 10.1. The average Bonchev–Trinajstić information content (AvgIpc) is 3.24. The quantitative estimate of drug-likeness (QED) is 0.457. The first-order valence-corrected chi connectivity index (χ1v) is 10.8. The first-order valence-electron chi connectivity index (χ1n) is 10.8. The molecule has 0 saturated carbocycles. The van der Waals surface area contributed by atoms with E-state index in [1.807, 2.05) is 50.2 Å². The van der Waals surface area contributed by atoms with Crippen molar-refractivity contribution in [1.29, 1.82) is 0 Å². The number of nitrogens with zero attached hydrogens (tertiary/aromatic N) is 2. The maximum atomic E-state index is 12.3. The Bertz CT molecular complexity index is 977. The largest absolute Gasteiger partial charge is 0.385 e. The van der Waals surface area contributed by atoms with E-state index >= 15 is 0 Å². The van der Waals surface area contributed by atoms with Crippen LogP contribution >= 0.6 is 0 Å². The standard InChI is InChI=1S/C25H32N4O2/c1-18(2)27-25(30)21-9-7-8-20(16-21)23-17-24(31-28-23)19-10-12-22(13-11-19)26-14-5-6-15-29(3)4/h7-13,16-18,26H,5-6,14-15H2,1-4H3,(H,27,30). The molecule has 3 rings (SSSR count). The van der Waals surface area contributed by atoms with Gasteiger partial charge in [-0.15, -0.1) is 0 Å². The first-order chi connectivity index (χ1) is 14.9. The molecule has 0 spiro atoms. The van der Waals surface area contributed by atoms with Crippen molar-refractivity contribution in [2.45, 2.75) is 32.7 Å². The summed E-state index contributed by atoms with van der Waals surface area (Å²) in [6.07, 6.45) is 2.32. The van der Waals surface area contributed by atoms with Crippen molar-refractivity contribution < 1.29 is 9.32 Å². The minimum atomic E-state index is -0.0922. The van der Waals surface area contributed by atoms with Crippen molar-refractivity contribution in [1.82, 2.24) is 15.4 Å². The van der Waals surface area contributed by atoms with E-state index in [-0.39, 0.29) is 11.9 Å². The third-order valence-corrected chi connectivity index (χ3v) is 4.88. The predicted octanol–water partition coefficient (Wildman–Crippen LogP) is 4.90. The minimum absolute atomic E-state index is 0.0883. The molecule has 31 heavy (non-hydrogen) atoms. The van der Waals surface area contributed by atoms with E-state index in [9.17, 15) is 4.79 Å². The summed E-state index contributed by atoms with van der Waals surface area (Å²) in [5.74, 6) is 0.606. The van der Waals surface area contributed by atoms with Crippen LogP contribution in [-0.2, 0) is 0 Å². The normalized spacial score (nSPS) is 11.2. The van der Waals surface area contributed by atoms with Gasteiger partial charge in [0, 0.05) is 41.0 Å². The molecular formula is C25H32N4O2. The summed E-state index contributed by atoms with van der Waals surface area (Å²) in [4.78, 5) is 14.5. The predicted molar refractivity (Wildman–Crippen MR) is 126 cm³/mol. The fourth-order valence-corrected chi connectivity index (χ4v) is 3.25. The van der Waals surface area contributed by atoms with Crippen LogP contribution in [0.1, 0.15) is 37.0 Å². The molecule has 0 bridgehead atoms. The van der Waals surface area contributed by atoms with E-state index in [1.165, 1.54) is 6.42 Å². The van der Waals surface area contributed by atoms with Gasteiger partial charge in [0.2, 0.25) is 0 Å². The van der Waals surface area contributed by atoms with E-state index in [4.69, 9.17) is 4.52 Å². The molecule has 0 fully saturated rings. The molecule has 164 valence electrons. The van der Waals surface area contributed by atoms with E-state index in [0.29, 0.717) is 17.0 Å². The van der Waals surface area contributed by atoms with Gasteiger partial charge in [0.25, 0.3) is 5.91 Å². The number of carbonyl (C=O) groups is 1. The summed E-state index contributed by atoms with van der Waals surface area (Å²) in [5.41, 5.74) is 4.22. The molecule has 3 aromatic rings. The Hall–Kier alpha value is -3.12. The summed E-state index contributed by atoms with van der Waals surface area (Å²) in [6, 6.07) is 17.6. The van der Waals surface area contributed by atoms with Crippen LogP contribution in [0.2, 0.25) is 0 Å². The number of rotatable bonds is 10. The van der Waals surface area contributed by atoms with Gasteiger partial charge in [-0.25, -0.2) is 0 Å². The lowest BCUT2D eigenvalue weighted by Crippen LogP contribution is -2.30. The highest BCUT2D eigenvalue weighted by Gasteiger charge is 2.12. The number of anilines is 1. The van der Waals surface area contributed by atoms with Gasteiger partial charge in [-0.1, -0.05) is 17.3 Å². The Labute approximate surface area is 184 Å². The molecule has 0 aliphatic rings. The maximum Gasteiger partial charge on any atom is 0.251 e. The molecule has 0 aliphatic carbocycles. The summed E-state index contributed by atoms with van der Waals surface area (Å²) in [7, 11) is 4.20. The number of aromatic nitrogens is 1. The van der Waals surface area contributed by atoms with E-state index < -0.39 is 0 Å². The molecule has 6 heteroatoms. The second-order valence-electron chi connectivity index (χ2n) is 8.30. The van der Waals surface area contributed by atoms with Crippen molar-refractivity contribution >= 4 is 11.6 Å². The highest BCUT2D eigenvalue weighted by atomic mass is 16.5. The molecule has 1 amide bonds. The lowest BCUT2D eigenvalue weighted by Gasteiger charge is -2.10. The van der Waals surface area contributed by atoms with Crippen molar-refractivity contribution in [2.24, 2.45) is 0 Å². The Balaban J connectivity index is 1.62. The van der Waals surface area contributed by atoms with Crippen LogP contribution in [0.4, 0.5) is 5.69 Å². The van der Waals surface area contributed by atoms with Crippen molar-refractivity contribution in [3.63, 3.8) is 0 Å². The zero-order chi connectivity index (χ0) is 22.2. The van der Waals surface area contributed by atoms with E-state index in [2.05, 4.69) is 46.9 Å². The van der Waals surface area contributed by atoms with Crippen molar-refractivity contribution in [3.8, 4) is 22.6 Å². The van der Waals surface area contributed by atoms with E-state index in [1.54, 1.807) is 6.07 Å². The van der Waals surface area contributed by atoms with Crippen LogP contribution in [0, 0.1) is 0 Å². The highest BCUT2D eigenvalue weighted by Crippen LogP contribution is 2.27. The Morgan fingerprint density at radius 1 is 1.03 bits per heavy atom. The number of unbranched alkanes of at least 4 members (excludes halogenated alkanes) is 1. The Morgan fingerprint density at radius 2 is 1.81 bits per heavy atom. The third-order valence-electron chi connectivity index (χ3n) is 4.88. The molecule has 0 atom stereocenters. The van der Waals surface area contributed by atoms with Crippen LogP contribution in [0.5, 0.6) is 0 Å². The zero-order valence-corrected chi connectivity index (χ0v) is 18.8. The summed E-state index contributed by atoms with van der Waals surface area (Å²) >= 11 is 0. The molecule has 0 aliphatic heterocycles. The number of hydrogen-bond donors (Lipinski definition) is 2. The third kappa shape index (κ3) is 6.69. The second kappa shape index (κ2) is 10.8. The minimum Gasteiger partial charge on any atom is -0.385 e. The fourth-order valence-electron chi connectivity index (χ4n) is 3.25. The van der Waals surface area contributed by atoms with Gasteiger partial charge < -0.3 is 20.1 Å². The number of carbonyl (C=O) groups excluding carboxylic acids is 1. The lowest BCUT2D eigenvalue weighted by molar-refractivity contribution is 0.0943. The Morgan fingerprint density at radius 3 is 2.52 bits per heavy atom. The topological polar surface area (TPSA) is 70.4 Å². The monoisotopic (exact) mass is 420 g/mol. The molecule has 2 aromatic carbocycles. The smallest absolute Gasteiger partial charge is 0.251 e. The maximum absolute atomic E-state index is 12.3. The van der Waals surface area contributed by atoms with Gasteiger partial charge in [0.1, 0.15) is 5.69 Å². The highest BCUT2D eigenvalue weighted by molar-refractivity contribution is 5.95. The second-order valence-corrected chi connectivity index (χ2v) is 8.30. The molecule has 1 heterocycles. The van der Waals surface area contributed by atoms with E-state index in [0.717, 1.165) is 36.3 Å². The molecule has 0 saturated heterocycles.